The molecule has 0 aromatic heterocycles. The van der Waals surface area contributed by atoms with E-state index in [4.69, 9.17) is 4.74 Å². The lowest BCUT2D eigenvalue weighted by Gasteiger charge is -2.16. The van der Waals surface area contributed by atoms with Crippen molar-refractivity contribution in [1.82, 2.24) is 0 Å². The molecule has 0 saturated heterocycles. The van der Waals surface area contributed by atoms with Crippen molar-refractivity contribution in [1.29, 1.82) is 0 Å². The van der Waals surface area contributed by atoms with Crippen LogP contribution in [0.2, 0.25) is 0 Å². The van der Waals surface area contributed by atoms with Gasteiger partial charge in [-0.1, -0.05) is 49.7 Å². The number of imide groups is 1. The zero-order valence-electron chi connectivity index (χ0n) is 20.3. The molecule has 0 saturated carbocycles. The Bertz CT molecular complexity index is 1260. The molecule has 0 spiro atoms. The second-order valence-electron chi connectivity index (χ2n) is 9.18. The zero-order chi connectivity index (χ0) is 24.4. The molecule has 174 valence electrons. The lowest BCUT2D eigenvalue weighted by atomic mass is 10.0. The maximum absolute atomic E-state index is 13.6. The van der Waals surface area contributed by atoms with Crippen LogP contribution in [0.4, 0.5) is 11.4 Å². The third-order valence-electron chi connectivity index (χ3n) is 5.88. The van der Waals surface area contributed by atoms with Crippen molar-refractivity contribution in [3.05, 3.63) is 94.7 Å². The van der Waals surface area contributed by atoms with Crippen LogP contribution in [-0.2, 0) is 9.59 Å². The Morgan fingerprint density at radius 3 is 2.12 bits per heavy atom. The Kier molecular flexibility index (Phi) is 6.55. The summed E-state index contributed by atoms with van der Waals surface area (Å²) < 4.78 is 5.79. The Labute approximate surface area is 201 Å². The first-order valence-corrected chi connectivity index (χ1v) is 11.5. The minimum absolute atomic E-state index is 0.268. The summed E-state index contributed by atoms with van der Waals surface area (Å²) in [7, 11) is 0. The maximum Gasteiger partial charge on any atom is 0.282 e. The highest BCUT2D eigenvalue weighted by Crippen LogP contribution is 2.34. The van der Waals surface area contributed by atoms with Crippen LogP contribution in [0.5, 0.6) is 5.75 Å². The largest absolute Gasteiger partial charge is 0.493 e. The monoisotopic (exact) mass is 454 g/mol. The predicted octanol–water partition coefficient (Wildman–Crippen LogP) is 6.04. The van der Waals surface area contributed by atoms with E-state index < -0.39 is 0 Å². The first-order chi connectivity index (χ1) is 16.2. The Balaban J connectivity index is 1.74. The Morgan fingerprint density at radius 1 is 0.824 bits per heavy atom. The zero-order valence-corrected chi connectivity index (χ0v) is 20.3. The summed E-state index contributed by atoms with van der Waals surface area (Å²) in [6.07, 6.45) is 0. The molecule has 1 aliphatic rings. The smallest absolute Gasteiger partial charge is 0.282 e. The first kappa shape index (κ1) is 23.3. The van der Waals surface area contributed by atoms with Crippen molar-refractivity contribution in [2.75, 3.05) is 16.8 Å². The number of ether oxygens (including phenoxy) is 1. The standard InChI is InChI=1S/C29H30N2O3/c1-18(2)17-34-25-14-9-22(10-15-25)26-27(30-23-11-8-20(4)21(5)16-23)29(33)31(28(26)32)24-12-6-19(3)7-13-24/h6-16,18,30H,17H2,1-5H3. The van der Waals surface area contributed by atoms with Gasteiger partial charge in [0, 0.05) is 5.69 Å². The summed E-state index contributed by atoms with van der Waals surface area (Å²) in [5.41, 5.74) is 5.91. The fraction of sp³-hybridized carbons (Fsp3) is 0.241. The molecular formula is C29H30N2O3. The van der Waals surface area contributed by atoms with Crippen molar-refractivity contribution < 1.29 is 14.3 Å². The molecule has 5 heteroatoms. The van der Waals surface area contributed by atoms with Crippen molar-refractivity contribution in [3.8, 4) is 5.75 Å². The van der Waals surface area contributed by atoms with E-state index in [-0.39, 0.29) is 17.5 Å². The van der Waals surface area contributed by atoms with Gasteiger partial charge in [-0.25, -0.2) is 4.90 Å². The molecule has 2 amide bonds. The number of carbonyl (C=O) groups is 2. The van der Waals surface area contributed by atoms with Crippen LogP contribution >= 0.6 is 0 Å². The fourth-order valence-corrected chi connectivity index (χ4v) is 3.79. The maximum atomic E-state index is 13.6. The third kappa shape index (κ3) is 4.74. The van der Waals surface area contributed by atoms with Gasteiger partial charge in [0.05, 0.1) is 17.9 Å². The number of amides is 2. The molecule has 1 N–H and O–H groups in total. The normalized spacial score (nSPS) is 13.8. The van der Waals surface area contributed by atoms with E-state index in [1.165, 1.54) is 4.90 Å². The van der Waals surface area contributed by atoms with Gasteiger partial charge >= 0.3 is 0 Å². The number of aryl methyl sites for hydroxylation is 3. The number of nitrogens with zero attached hydrogens (tertiary/aromatic N) is 1. The van der Waals surface area contributed by atoms with E-state index in [9.17, 15) is 9.59 Å². The Morgan fingerprint density at radius 2 is 1.50 bits per heavy atom. The summed E-state index contributed by atoms with van der Waals surface area (Å²) in [4.78, 5) is 28.4. The molecule has 5 nitrogen and oxygen atoms in total. The number of hydrogen-bond donors (Lipinski definition) is 1. The van der Waals surface area contributed by atoms with E-state index in [1.807, 2.05) is 75.4 Å². The van der Waals surface area contributed by atoms with Crippen molar-refractivity contribution in [2.45, 2.75) is 34.6 Å². The lowest BCUT2D eigenvalue weighted by molar-refractivity contribution is -0.120. The average Bonchev–Trinajstić information content (AvgIpc) is 3.05. The molecule has 1 aliphatic heterocycles. The van der Waals surface area contributed by atoms with Crippen LogP contribution < -0.4 is 15.0 Å². The summed E-state index contributed by atoms with van der Waals surface area (Å²) in [6.45, 7) is 10.8. The van der Waals surface area contributed by atoms with Crippen molar-refractivity contribution in [2.24, 2.45) is 5.92 Å². The SMILES string of the molecule is Cc1ccc(N2C(=O)C(Nc3ccc(C)c(C)c3)=C(c3ccc(OCC(C)C)cc3)C2=O)cc1. The van der Waals surface area contributed by atoms with Gasteiger partial charge in [-0.15, -0.1) is 0 Å². The molecule has 3 aromatic carbocycles. The highest BCUT2D eigenvalue weighted by molar-refractivity contribution is 6.46. The van der Waals surface area contributed by atoms with Gasteiger partial charge in [0.15, 0.2) is 0 Å². The van der Waals surface area contributed by atoms with Gasteiger partial charge in [-0.2, -0.15) is 0 Å². The van der Waals surface area contributed by atoms with Crippen LogP contribution in [-0.4, -0.2) is 18.4 Å². The summed E-state index contributed by atoms with van der Waals surface area (Å²) in [5.74, 6) is 0.417. The van der Waals surface area contributed by atoms with Crippen molar-refractivity contribution in [3.63, 3.8) is 0 Å². The van der Waals surface area contributed by atoms with Gasteiger partial charge in [0.2, 0.25) is 0 Å². The summed E-state index contributed by atoms with van der Waals surface area (Å²) >= 11 is 0. The highest BCUT2D eigenvalue weighted by atomic mass is 16.5. The van der Waals surface area contributed by atoms with Gasteiger partial charge in [0.25, 0.3) is 11.8 Å². The van der Waals surface area contributed by atoms with E-state index in [0.717, 1.165) is 28.1 Å². The van der Waals surface area contributed by atoms with Gasteiger partial charge in [-0.05, 0) is 79.8 Å². The molecular weight excluding hydrogens is 424 g/mol. The number of nitrogens with one attached hydrogen (secondary N) is 1. The van der Waals surface area contributed by atoms with E-state index in [0.29, 0.717) is 29.3 Å². The highest BCUT2D eigenvalue weighted by Gasteiger charge is 2.40. The van der Waals surface area contributed by atoms with E-state index in [2.05, 4.69) is 19.2 Å². The minimum Gasteiger partial charge on any atom is -0.493 e. The van der Waals surface area contributed by atoms with E-state index >= 15 is 0 Å². The van der Waals surface area contributed by atoms with Gasteiger partial charge in [0.1, 0.15) is 11.4 Å². The molecule has 34 heavy (non-hydrogen) atoms. The number of benzene rings is 3. The van der Waals surface area contributed by atoms with Crippen molar-refractivity contribution >= 4 is 28.8 Å². The van der Waals surface area contributed by atoms with Crippen LogP contribution in [0, 0.1) is 26.7 Å². The molecule has 0 bridgehead atoms. The van der Waals surface area contributed by atoms with Gasteiger partial charge < -0.3 is 10.1 Å². The van der Waals surface area contributed by atoms with E-state index in [1.54, 1.807) is 12.1 Å². The molecule has 0 radical (unpaired) electrons. The number of carbonyl (C=O) groups excluding carboxylic acids is 2. The number of rotatable bonds is 7. The molecule has 0 aliphatic carbocycles. The van der Waals surface area contributed by atoms with Gasteiger partial charge in [-0.3, -0.25) is 9.59 Å². The Hall–Kier alpha value is -3.86. The number of anilines is 2. The van der Waals surface area contributed by atoms with Crippen LogP contribution in [0.3, 0.4) is 0 Å². The molecule has 0 unspecified atom stereocenters. The molecule has 0 fully saturated rings. The average molecular weight is 455 g/mol. The van der Waals surface area contributed by atoms with Crippen LogP contribution in [0.25, 0.3) is 5.57 Å². The minimum atomic E-state index is -0.373. The van der Waals surface area contributed by atoms with Crippen LogP contribution in [0.15, 0.2) is 72.4 Å². The second kappa shape index (κ2) is 9.56. The quantitative estimate of drug-likeness (QED) is 0.442. The predicted molar refractivity (Wildman–Crippen MR) is 137 cm³/mol. The second-order valence-corrected chi connectivity index (χ2v) is 9.18. The van der Waals surface area contributed by atoms with Crippen LogP contribution in [0.1, 0.15) is 36.1 Å². The fourth-order valence-electron chi connectivity index (χ4n) is 3.79. The lowest BCUT2D eigenvalue weighted by Crippen LogP contribution is -2.32. The summed E-state index contributed by atoms with van der Waals surface area (Å²) in [5, 5.41) is 3.24. The molecule has 3 aromatic rings. The summed E-state index contributed by atoms with van der Waals surface area (Å²) in [6, 6.07) is 20.6. The molecule has 0 atom stereocenters. The number of hydrogen-bond acceptors (Lipinski definition) is 4. The molecule has 1 heterocycles. The molecule has 4 rings (SSSR count). The third-order valence-corrected chi connectivity index (χ3v) is 5.88. The topological polar surface area (TPSA) is 58.6 Å². The first-order valence-electron chi connectivity index (χ1n) is 11.5.